The Hall–Kier alpha value is -1.13. The van der Waals surface area contributed by atoms with Crippen LogP contribution in [0.5, 0.6) is 0 Å². The van der Waals surface area contributed by atoms with Crippen LogP contribution in [0.1, 0.15) is 0 Å². The molecule has 76 valence electrons. The minimum absolute atomic E-state index is 0.181. The second kappa shape index (κ2) is 4.16. The van der Waals surface area contributed by atoms with Crippen molar-refractivity contribution in [2.45, 2.75) is 0 Å². The lowest BCUT2D eigenvalue weighted by atomic mass is 10.1. The highest BCUT2D eigenvalue weighted by Crippen LogP contribution is 2.22. The van der Waals surface area contributed by atoms with Gasteiger partial charge in [-0.15, -0.1) is 0 Å². The van der Waals surface area contributed by atoms with Crippen LogP contribution in [0, 0.1) is 0 Å². The molecule has 1 aromatic carbocycles. The van der Waals surface area contributed by atoms with Gasteiger partial charge in [0.15, 0.2) is 0 Å². The Morgan fingerprint density at radius 3 is 2.40 bits per heavy atom. The van der Waals surface area contributed by atoms with Gasteiger partial charge in [0.2, 0.25) is 5.95 Å². The Labute approximate surface area is 100 Å². The van der Waals surface area contributed by atoms with Gasteiger partial charge in [0.05, 0.1) is 5.69 Å². The molecule has 2 aromatic rings. The molecule has 1 aromatic heterocycles. The van der Waals surface area contributed by atoms with E-state index in [0.29, 0.717) is 5.15 Å². The number of rotatable bonds is 1. The molecule has 0 fully saturated rings. The molecule has 0 aliphatic carbocycles. The third-order valence-corrected chi connectivity index (χ3v) is 2.57. The van der Waals surface area contributed by atoms with Crippen LogP contribution >= 0.6 is 27.5 Å². The molecule has 0 aliphatic heterocycles. The molecule has 2 N–H and O–H groups in total. The molecule has 0 atom stereocenters. The maximum absolute atomic E-state index is 5.79. The molecule has 1 heterocycles. The van der Waals surface area contributed by atoms with E-state index in [2.05, 4.69) is 25.9 Å². The lowest BCUT2D eigenvalue weighted by Gasteiger charge is -2.02. The Morgan fingerprint density at radius 2 is 1.80 bits per heavy atom. The number of nitrogens with zero attached hydrogens (tertiary/aromatic N) is 2. The molecule has 0 aliphatic rings. The fourth-order valence-corrected chi connectivity index (χ4v) is 1.66. The van der Waals surface area contributed by atoms with Crippen LogP contribution in [0.25, 0.3) is 11.3 Å². The maximum atomic E-state index is 5.79. The highest BCUT2D eigenvalue weighted by molar-refractivity contribution is 9.10. The smallest absolute Gasteiger partial charge is 0.221 e. The number of halogens is 2. The summed E-state index contributed by atoms with van der Waals surface area (Å²) < 4.78 is 1.01. The van der Waals surface area contributed by atoms with E-state index in [4.69, 9.17) is 17.3 Å². The fraction of sp³-hybridized carbons (Fsp3) is 0. The van der Waals surface area contributed by atoms with Crippen molar-refractivity contribution in [2.75, 3.05) is 5.73 Å². The van der Waals surface area contributed by atoms with Crippen LogP contribution in [0.4, 0.5) is 5.95 Å². The summed E-state index contributed by atoms with van der Waals surface area (Å²) >= 11 is 9.15. The first-order valence-electron chi connectivity index (χ1n) is 4.21. The van der Waals surface area contributed by atoms with Crippen molar-refractivity contribution in [1.29, 1.82) is 0 Å². The standard InChI is InChI=1S/C10H7BrClN3/c11-7-3-1-6(2-4-7)8-5-9(12)15-10(13)14-8/h1-5H,(H2,13,14,15). The number of hydrogen-bond acceptors (Lipinski definition) is 3. The van der Waals surface area contributed by atoms with Crippen molar-refractivity contribution < 1.29 is 0 Å². The van der Waals surface area contributed by atoms with Crippen molar-refractivity contribution in [3.05, 3.63) is 40.0 Å². The maximum Gasteiger partial charge on any atom is 0.221 e. The molecule has 15 heavy (non-hydrogen) atoms. The Kier molecular flexibility index (Phi) is 2.88. The molecule has 0 bridgehead atoms. The average Bonchev–Trinajstić information content (AvgIpc) is 2.17. The molecule has 0 unspecified atom stereocenters. The van der Waals surface area contributed by atoms with Crippen LogP contribution in [-0.4, -0.2) is 9.97 Å². The van der Waals surface area contributed by atoms with E-state index < -0.39 is 0 Å². The molecule has 0 amide bonds. The van der Waals surface area contributed by atoms with Crippen molar-refractivity contribution in [2.24, 2.45) is 0 Å². The van der Waals surface area contributed by atoms with Crippen LogP contribution in [0.3, 0.4) is 0 Å². The summed E-state index contributed by atoms with van der Waals surface area (Å²) in [4.78, 5) is 7.90. The first kappa shape index (κ1) is 10.4. The van der Waals surface area contributed by atoms with Crippen molar-refractivity contribution in [1.82, 2.24) is 9.97 Å². The van der Waals surface area contributed by atoms with E-state index in [1.807, 2.05) is 24.3 Å². The monoisotopic (exact) mass is 283 g/mol. The van der Waals surface area contributed by atoms with Gasteiger partial charge in [0, 0.05) is 16.1 Å². The van der Waals surface area contributed by atoms with Gasteiger partial charge in [-0.25, -0.2) is 9.97 Å². The molecule has 0 saturated heterocycles. The van der Waals surface area contributed by atoms with Crippen LogP contribution < -0.4 is 5.73 Å². The molecule has 0 spiro atoms. The van der Waals surface area contributed by atoms with Crippen LogP contribution in [0.15, 0.2) is 34.8 Å². The second-order valence-corrected chi connectivity index (χ2v) is 4.24. The van der Waals surface area contributed by atoms with Crippen molar-refractivity contribution >= 4 is 33.5 Å². The zero-order valence-corrected chi connectivity index (χ0v) is 9.96. The predicted molar refractivity (Wildman–Crippen MR) is 64.6 cm³/mol. The van der Waals surface area contributed by atoms with Crippen molar-refractivity contribution in [3.63, 3.8) is 0 Å². The van der Waals surface area contributed by atoms with E-state index in [9.17, 15) is 0 Å². The number of hydrogen-bond donors (Lipinski definition) is 1. The highest BCUT2D eigenvalue weighted by Gasteiger charge is 2.03. The van der Waals surface area contributed by atoms with Gasteiger partial charge < -0.3 is 5.73 Å². The largest absolute Gasteiger partial charge is 0.368 e. The minimum atomic E-state index is 0.181. The van der Waals surface area contributed by atoms with Gasteiger partial charge in [-0.05, 0) is 12.1 Å². The SMILES string of the molecule is Nc1nc(Cl)cc(-c2ccc(Br)cc2)n1. The van der Waals surface area contributed by atoms with E-state index in [1.54, 1.807) is 6.07 Å². The summed E-state index contributed by atoms with van der Waals surface area (Å²) in [5.41, 5.74) is 7.19. The number of anilines is 1. The van der Waals surface area contributed by atoms with Crippen molar-refractivity contribution in [3.8, 4) is 11.3 Å². The highest BCUT2D eigenvalue weighted by atomic mass is 79.9. The molecular weight excluding hydrogens is 277 g/mol. The van der Waals surface area contributed by atoms with Gasteiger partial charge in [-0.3, -0.25) is 0 Å². The molecule has 3 nitrogen and oxygen atoms in total. The molecule has 0 radical (unpaired) electrons. The molecule has 5 heteroatoms. The van der Waals surface area contributed by atoms with Gasteiger partial charge in [-0.1, -0.05) is 39.7 Å². The van der Waals surface area contributed by atoms with Gasteiger partial charge in [-0.2, -0.15) is 0 Å². The summed E-state index contributed by atoms with van der Waals surface area (Å²) in [5, 5.41) is 0.348. The third-order valence-electron chi connectivity index (χ3n) is 1.85. The summed E-state index contributed by atoms with van der Waals surface area (Å²) in [7, 11) is 0. The van der Waals surface area contributed by atoms with Gasteiger partial charge in [0.25, 0.3) is 0 Å². The van der Waals surface area contributed by atoms with E-state index in [0.717, 1.165) is 15.7 Å². The molecule has 2 rings (SSSR count). The molecular formula is C10H7BrClN3. The van der Waals surface area contributed by atoms with E-state index in [1.165, 1.54) is 0 Å². The Bertz CT molecular complexity index is 464. The summed E-state index contributed by atoms with van der Waals surface area (Å²) in [6.45, 7) is 0. The van der Waals surface area contributed by atoms with Crippen LogP contribution in [0.2, 0.25) is 5.15 Å². The van der Waals surface area contributed by atoms with Gasteiger partial charge in [0.1, 0.15) is 5.15 Å². The predicted octanol–water partition coefficient (Wildman–Crippen LogP) is 3.14. The normalized spacial score (nSPS) is 10.3. The van der Waals surface area contributed by atoms with E-state index in [-0.39, 0.29) is 5.95 Å². The third kappa shape index (κ3) is 2.46. The Balaban J connectivity index is 2.49. The molecule has 0 saturated carbocycles. The number of aromatic nitrogens is 2. The first-order chi connectivity index (χ1) is 7.15. The zero-order chi connectivity index (χ0) is 10.8. The number of nitrogen functional groups attached to an aromatic ring is 1. The summed E-state index contributed by atoms with van der Waals surface area (Å²) in [6.07, 6.45) is 0. The lowest BCUT2D eigenvalue weighted by Crippen LogP contribution is -1.96. The van der Waals surface area contributed by atoms with Gasteiger partial charge >= 0.3 is 0 Å². The zero-order valence-electron chi connectivity index (χ0n) is 7.61. The Morgan fingerprint density at radius 1 is 1.13 bits per heavy atom. The average molecular weight is 285 g/mol. The quantitative estimate of drug-likeness (QED) is 0.819. The summed E-state index contributed by atoms with van der Waals surface area (Å²) in [6, 6.07) is 9.41. The lowest BCUT2D eigenvalue weighted by molar-refractivity contribution is 1.19. The van der Waals surface area contributed by atoms with Crippen LogP contribution in [-0.2, 0) is 0 Å². The number of benzene rings is 1. The minimum Gasteiger partial charge on any atom is -0.368 e. The first-order valence-corrected chi connectivity index (χ1v) is 5.38. The summed E-state index contributed by atoms with van der Waals surface area (Å²) in [5.74, 6) is 0.181. The van der Waals surface area contributed by atoms with E-state index >= 15 is 0 Å². The topological polar surface area (TPSA) is 51.8 Å². The fourth-order valence-electron chi connectivity index (χ4n) is 1.20. The number of nitrogens with two attached hydrogens (primary N) is 1. The second-order valence-electron chi connectivity index (χ2n) is 2.94.